The van der Waals surface area contributed by atoms with Crippen LogP contribution in [0.5, 0.6) is 0 Å². The molecule has 0 spiro atoms. The Bertz CT molecular complexity index is 200. The maximum atomic E-state index is 11.0. The molecule has 6 nitrogen and oxygen atoms in total. The molecular weight excluding hydrogens is 188 g/mol. The van der Waals surface area contributed by atoms with E-state index >= 15 is 0 Å². The Kier molecular flexibility index (Phi) is 5.11. The average Bonchev–Trinajstić information content (AvgIpc) is 2.03. The lowest BCUT2D eigenvalue weighted by Crippen LogP contribution is -2.48. The Morgan fingerprint density at radius 2 is 2.14 bits per heavy atom. The predicted molar refractivity (Wildman–Crippen MR) is 49.4 cm³/mol. The van der Waals surface area contributed by atoms with Crippen LogP contribution in [0, 0.1) is 0 Å². The zero-order valence-electron chi connectivity index (χ0n) is 8.53. The quantitative estimate of drug-likeness (QED) is 0.427. The number of carbonyl (C=O) groups excluding carboxylic acids is 2. The lowest BCUT2D eigenvalue weighted by Gasteiger charge is -2.20. The number of aliphatic hydroxyl groups is 1. The molecule has 14 heavy (non-hydrogen) atoms. The van der Waals surface area contributed by atoms with Crippen LogP contribution in [0.1, 0.15) is 20.8 Å². The molecule has 0 fully saturated rings. The Labute approximate surface area is 82.6 Å². The second-order valence-corrected chi connectivity index (χ2v) is 3.70. The van der Waals surface area contributed by atoms with E-state index in [1.54, 1.807) is 20.8 Å². The largest absolute Gasteiger partial charge is 0.443 e. The van der Waals surface area contributed by atoms with E-state index in [1.165, 1.54) is 0 Å². The molecule has 1 unspecified atom stereocenters. The van der Waals surface area contributed by atoms with E-state index in [9.17, 15) is 9.59 Å². The monoisotopic (exact) mass is 204 g/mol. The second-order valence-electron chi connectivity index (χ2n) is 3.70. The van der Waals surface area contributed by atoms with Gasteiger partial charge in [-0.15, -0.1) is 0 Å². The van der Waals surface area contributed by atoms with Gasteiger partial charge in [0.2, 0.25) is 0 Å². The van der Waals surface area contributed by atoms with E-state index < -0.39 is 17.7 Å². The van der Waals surface area contributed by atoms with E-state index in [-0.39, 0.29) is 6.61 Å². The number of aldehydes is 1. The summed E-state index contributed by atoms with van der Waals surface area (Å²) in [5, 5.41) is 8.59. The van der Waals surface area contributed by atoms with Crippen LogP contribution in [0.25, 0.3) is 0 Å². The summed E-state index contributed by atoms with van der Waals surface area (Å²) < 4.78 is 4.87. The van der Waals surface area contributed by atoms with Crippen LogP contribution in [-0.4, -0.2) is 35.7 Å². The van der Waals surface area contributed by atoms with Gasteiger partial charge < -0.3 is 14.6 Å². The molecule has 0 aliphatic carbocycles. The molecule has 0 aliphatic rings. The van der Waals surface area contributed by atoms with Crippen LogP contribution in [0.3, 0.4) is 0 Å². The normalized spacial score (nSPS) is 13.1. The standard InChI is InChI=1S/C8H16N2O4/c1-8(2,3)14-7(13)10-9-6(4-11)5-12/h4,6,9,12H,5H2,1-3H3,(H,10,13). The van der Waals surface area contributed by atoms with Gasteiger partial charge in [0.05, 0.1) is 6.61 Å². The summed E-state index contributed by atoms with van der Waals surface area (Å²) in [5.74, 6) is 0. The van der Waals surface area contributed by atoms with Gasteiger partial charge in [-0.3, -0.25) is 5.43 Å². The van der Waals surface area contributed by atoms with Crippen molar-refractivity contribution in [2.24, 2.45) is 0 Å². The number of hydrogen-bond acceptors (Lipinski definition) is 5. The molecule has 3 N–H and O–H groups in total. The van der Waals surface area contributed by atoms with Crippen molar-refractivity contribution in [3.8, 4) is 0 Å². The molecule has 0 aromatic rings. The van der Waals surface area contributed by atoms with E-state index in [1.807, 2.05) is 0 Å². The minimum atomic E-state index is -0.817. The molecule has 1 atom stereocenters. The molecule has 0 rings (SSSR count). The van der Waals surface area contributed by atoms with Crippen LogP contribution in [-0.2, 0) is 9.53 Å². The van der Waals surface area contributed by atoms with Gasteiger partial charge in [-0.25, -0.2) is 10.2 Å². The Morgan fingerprint density at radius 3 is 2.50 bits per heavy atom. The number of amides is 1. The molecule has 0 aliphatic heterocycles. The van der Waals surface area contributed by atoms with Crippen molar-refractivity contribution in [2.75, 3.05) is 6.61 Å². The number of rotatable bonds is 4. The third-order valence-corrected chi connectivity index (χ3v) is 1.12. The van der Waals surface area contributed by atoms with Gasteiger partial charge in [0.25, 0.3) is 0 Å². The Balaban J connectivity index is 3.79. The highest BCUT2D eigenvalue weighted by Gasteiger charge is 2.16. The van der Waals surface area contributed by atoms with Gasteiger partial charge in [-0.2, -0.15) is 0 Å². The van der Waals surface area contributed by atoms with Crippen molar-refractivity contribution in [1.29, 1.82) is 0 Å². The van der Waals surface area contributed by atoms with Crippen LogP contribution in [0.4, 0.5) is 4.79 Å². The predicted octanol–water partition coefficient (Wildman–Crippen LogP) is -0.425. The van der Waals surface area contributed by atoms with Crippen LogP contribution in [0.15, 0.2) is 0 Å². The average molecular weight is 204 g/mol. The molecule has 0 radical (unpaired) electrons. The van der Waals surface area contributed by atoms with E-state index in [4.69, 9.17) is 9.84 Å². The smallest absolute Gasteiger partial charge is 0.422 e. The first-order chi connectivity index (χ1) is 6.39. The molecule has 0 saturated carbocycles. The third kappa shape index (κ3) is 6.38. The summed E-state index contributed by atoms with van der Waals surface area (Å²) in [7, 11) is 0. The van der Waals surface area contributed by atoms with Gasteiger partial charge >= 0.3 is 6.09 Å². The van der Waals surface area contributed by atoms with Crippen molar-refractivity contribution in [3.05, 3.63) is 0 Å². The highest BCUT2D eigenvalue weighted by Crippen LogP contribution is 2.05. The Hall–Kier alpha value is -1.14. The highest BCUT2D eigenvalue weighted by atomic mass is 16.6. The molecule has 6 heteroatoms. The van der Waals surface area contributed by atoms with Gasteiger partial charge in [0.15, 0.2) is 0 Å². The lowest BCUT2D eigenvalue weighted by molar-refractivity contribution is -0.110. The maximum Gasteiger partial charge on any atom is 0.422 e. The van der Waals surface area contributed by atoms with E-state index in [2.05, 4.69) is 10.9 Å². The fourth-order valence-corrected chi connectivity index (χ4v) is 0.578. The van der Waals surface area contributed by atoms with Crippen molar-refractivity contribution < 1.29 is 19.4 Å². The first kappa shape index (κ1) is 12.9. The van der Waals surface area contributed by atoms with Crippen molar-refractivity contribution in [2.45, 2.75) is 32.4 Å². The summed E-state index contributed by atoms with van der Waals surface area (Å²) in [6.45, 7) is 4.76. The number of hydrogen-bond donors (Lipinski definition) is 3. The zero-order chi connectivity index (χ0) is 11.2. The summed E-state index contributed by atoms with van der Waals surface area (Å²) in [4.78, 5) is 21.2. The molecule has 0 heterocycles. The van der Waals surface area contributed by atoms with Crippen LogP contribution >= 0.6 is 0 Å². The topological polar surface area (TPSA) is 87.7 Å². The molecule has 0 aromatic heterocycles. The number of nitrogens with one attached hydrogen (secondary N) is 2. The maximum absolute atomic E-state index is 11.0. The van der Waals surface area contributed by atoms with Crippen LogP contribution < -0.4 is 10.9 Å². The fourth-order valence-electron chi connectivity index (χ4n) is 0.578. The van der Waals surface area contributed by atoms with E-state index in [0.717, 1.165) is 0 Å². The third-order valence-electron chi connectivity index (χ3n) is 1.12. The van der Waals surface area contributed by atoms with E-state index in [0.29, 0.717) is 6.29 Å². The number of hydrazine groups is 1. The van der Waals surface area contributed by atoms with Crippen LogP contribution in [0.2, 0.25) is 0 Å². The minimum Gasteiger partial charge on any atom is -0.443 e. The molecule has 82 valence electrons. The molecule has 0 saturated heterocycles. The fraction of sp³-hybridized carbons (Fsp3) is 0.750. The van der Waals surface area contributed by atoms with Crippen molar-refractivity contribution >= 4 is 12.4 Å². The number of ether oxygens (including phenoxy) is 1. The van der Waals surface area contributed by atoms with Crippen molar-refractivity contribution in [3.63, 3.8) is 0 Å². The summed E-state index contributed by atoms with van der Waals surface area (Å²) in [6, 6.07) is -0.817. The SMILES string of the molecule is CC(C)(C)OC(=O)NNC(C=O)CO. The van der Waals surface area contributed by atoms with Gasteiger partial charge in [0, 0.05) is 0 Å². The number of aliphatic hydroxyl groups excluding tert-OH is 1. The van der Waals surface area contributed by atoms with Crippen molar-refractivity contribution in [1.82, 2.24) is 10.9 Å². The first-order valence-electron chi connectivity index (χ1n) is 4.19. The summed E-state index contributed by atoms with van der Waals surface area (Å²) >= 11 is 0. The van der Waals surface area contributed by atoms with Gasteiger partial charge in [-0.1, -0.05) is 0 Å². The lowest BCUT2D eigenvalue weighted by atomic mass is 10.2. The number of carbonyl (C=O) groups is 2. The minimum absolute atomic E-state index is 0.390. The molecule has 1 amide bonds. The summed E-state index contributed by atoms with van der Waals surface area (Å²) in [5.41, 5.74) is 3.84. The zero-order valence-corrected chi connectivity index (χ0v) is 8.53. The van der Waals surface area contributed by atoms with Gasteiger partial charge in [0.1, 0.15) is 17.9 Å². The first-order valence-corrected chi connectivity index (χ1v) is 4.19. The second kappa shape index (κ2) is 5.56. The van der Waals surface area contributed by atoms with Gasteiger partial charge in [-0.05, 0) is 20.8 Å². The Morgan fingerprint density at radius 1 is 1.57 bits per heavy atom. The highest BCUT2D eigenvalue weighted by molar-refractivity contribution is 5.68. The summed E-state index contributed by atoms with van der Waals surface area (Å²) in [6.07, 6.45) is -0.213. The molecule has 0 bridgehead atoms. The molecular formula is C8H16N2O4. The molecule has 0 aromatic carbocycles.